The molecule has 6 heteroatoms. The summed E-state index contributed by atoms with van der Waals surface area (Å²) < 4.78 is 39.6. The van der Waals surface area contributed by atoms with Gasteiger partial charge in [0, 0.05) is 24.9 Å². The van der Waals surface area contributed by atoms with Gasteiger partial charge in [-0.1, -0.05) is 71.1 Å². The number of halogens is 4. The number of hydrogen-bond acceptors (Lipinski definition) is 2. The summed E-state index contributed by atoms with van der Waals surface area (Å²) in [4.78, 5) is 2.33. The van der Waals surface area contributed by atoms with E-state index in [0.717, 1.165) is 19.2 Å². The summed E-state index contributed by atoms with van der Waals surface area (Å²) >= 11 is 2.40. The van der Waals surface area contributed by atoms with Crippen molar-refractivity contribution in [1.82, 2.24) is 4.90 Å². The van der Waals surface area contributed by atoms with Crippen molar-refractivity contribution in [3.05, 3.63) is 71.3 Å². The molecule has 1 fully saturated rings. The van der Waals surface area contributed by atoms with Crippen LogP contribution in [0.15, 0.2) is 54.6 Å². The lowest BCUT2D eigenvalue weighted by molar-refractivity contribution is -0.137. The highest BCUT2D eigenvalue weighted by molar-refractivity contribution is 14.1. The standard InChI is InChI=1S/C21H20F3IN2/c22-21(23,24)18-8-4-7-17(15-18)20(9-12-26)10-13-27(14-11-20)19(25)16-5-2-1-3-6-16/h1-8,15,19H,9-11,13-14H2. The molecule has 1 atom stereocenters. The molecule has 0 N–H and O–H groups in total. The van der Waals surface area contributed by atoms with Crippen molar-refractivity contribution in [2.75, 3.05) is 13.1 Å². The first-order chi connectivity index (χ1) is 12.9. The normalized spacial score (nSPS) is 18.6. The molecule has 142 valence electrons. The Morgan fingerprint density at radius 3 is 2.33 bits per heavy atom. The maximum absolute atomic E-state index is 13.1. The molecule has 0 radical (unpaired) electrons. The average Bonchev–Trinajstić information content (AvgIpc) is 2.68. The predicted molar refractivity (Wildman–Crippen MR) is 107 cm³/mol. The Balaban J connectivity index is 1.81. The highest BCUT2D eigenvalue weighted by atomic mass is 127. The molecule has 2 aromatic rings. The fourth-order valence-electron chi connectivity index (χ4n) is 3.75. The van der Waals surface area contributed by atoms with E-state index in [1.165, 1.54) is 17.7 Å². The van der Waals surface area contributed by atoms with Crippen molar-refractivity contribution < 1.29 is 13.2 Å². The fraction of sp³-hybridized carbons (Fsp3) is 0.381. The van der Waals surface area contributed by atoms with Crippen LogP contribution >= 0.6 is 22.6 Å². The summed E-state index contributed by atoms with van der Waals surface area (Å²) in [5.41, 5.74) is 0.684. The summed E-state index contributed by atoms with van der Waals surface area (Å²) in [7, 11) is 0. The van der Waals surface area contributed by atoms with E-state index in [1.54, 1.807) is 6.07 Å². The van der Waals surface area contributed by atoms with Crippen LogP contribution in [0.25, 0.3) is 0 Å². The molecule has 0 saturated carbocycles. The van der Waals surface area contributed by atoms with Crippen molar-refractivity contribution in [2.24, 2.45) is 0 Å². The van der Waals surface area contributed by atoms with E-state index < -0.39 is 17.2 Å². The first-order valence-corrected chi connectivity index (χ1v) is 10.1. The molecule has 27 heavy (non-hydrogen) atoms. The van der Waals surface area contributed by atoms with E-state index in [-0.39, 0.29) is 10.5 Å². The highest BCUT2D eigenvalue weighted by Crippen LogP contribution is 2.43. The van der Waals surface area contributed by atoms with Crippen molar-refractivity contribution in [1.29, 1.82) is 5.26 Å². The quantitative estimate of drug-likeness (QED) is 0.299. The largest absolute Gasteiger partial charge is 0.416 e. The average molecular weight is 484 g/mol. The second-order valence-electron chi connectivity index (χ2n) is 6.98. The van der Waals surface area contributed by atoms with Gasteiger partial charge in [-0.25, -0.2) is 0 Å². The second kappa shape index (κ2) is 8.19. The van der Waals surface area contributed by atoms with Gasteiger partial charge in [0.2, 0.25) is 0 Å². The minimum Gasteiger partial charge on any atom is -0.288 e. The molecule has 1 heterocycles. The van der Waals surface area contributed by atoms with Gasteiger partial charge in [-0.3, -0.25) is 4.90 Å². The Morgan fingerprint density at radius 1 is 1.07 bits per heavy atom. The van der Waals surface area contributed by atoms with Crippen LogP contribution in [0.4, 0.5) is 13.2 Å². The van der Waals surface area contributed by atoms with Crippen molar-refractivity contribution in [3.8, 4) is 6.07 Å². The smallest absolute Gasteiger partial charge is 0.288 e. The minimum absolute atomic E-state index is 0.213. The van der Waals surface area contributed by atoms with Crippen molar-refractivity contribution in [3.63, 3.8) is 0 Å². The lowest BCUT2D eigenvalue weighted by atomic mass is 9.70. The first kappa shape index (κ1) is 20.2. The molecule has 1 unspecified atom stereocenters. The second-order valence-corrected chi connectivity index (χ2v) is 8.16. The zero-order valence-corrected chi connectivity index (χ0v) is 16.9. The van der Waals surface area contributed by atoms with Crippen LogP contribution in [-0.2, 0) is 11.6 Å². The monoisotopic (exact) mass is 484 g/mol. The molecule has 1 aliphatic heterocycles. The molecular weight excluding hydrogens is 464 g/mol. The number of benzene rings is 2. The van der Waals surface area contributed by atoms with Crippen LogP contribution < -0.4 is 0 Å². The van der Waals surface area contributed by atoms with Crippen LogP contribution in [0.3, 0.4) is 0 Å². The maximum Gasteiger partial charge on any atom is 0.416 e. The van der Waals surface area contributed by atoms with Gasteiger partial charge < -0.3 is 0 Å². The highest BCUT2D eigenvalue weighted by Gasteiger charge is 2.39. The van der Waals surface area contributed by atoms with Crippen LogP contribution in [-0.4, -0.2) is 18.0 Å². The number of alkyl halides is 4. The Bertz CT molecular complexity index is 806. The number of piperidine rings is 1. The topological polar surface area (TPSA) is 27.0 Å². The molecular formula is C21H20F3IN2. The van der Waals surface area contributed by atoms with Crippen molar-refractivity contribution in [2.45, 2.75) is 34.9 Å². The summed E-state index contributed by atoms with van der Waals surface area (Å²) in [5, 5.41) is 9.34. The lowest BCUT2D eigenvalue weighted by Crippen LogP contribution is -2.43. The Labute approximate surface area is 171 Å². The molecule has 3 rings (SSSR count). The maximum atomic E-state index is 13.1. The number of likely N-dealkylation sites (tertiary alicyclic amines) is 1. The molecule has 1 aliphatic rings. The number of hydrogen-bond donors (Lipinski definition) is 0. The molecule has 2 aromatic carbocycles. The van der Waals surface area contributed by atoms with E-state index in [4.69, 9.17) is 0 Å². The Kier molecular flexibility index (Phi) is 6.11. The number of rotatable bonds is 4. The minimum atomic E-state index is -4.37. The molecule has 1 saturated heterocycles. The third-order valence-corrected chi connectivity index (χ3v) is 6.88. The number of nitrogens with zero attached hydrogens (tertiary/aromatic N) is 2. The predicted octanol–water partition coefficient (Wildman–Crippen LogP) is 6.09. The van der Waals surface area contributed by atoms with Gasteiger partial charge in [0.25, 0.3) is 0 Å². The van der Waals surface area contributed by atoms with Crippen LogP contribution in [0.5, 0.6) is 0 Å². The van der Waals surface area contributed by atoms with E-state index in [0.29, 0.717) is 18.4 Å². The van der Waals surface area contributed by atoms with Gasteiger partial charge >= 0.3 is 6.18 Å². The van der Waals surface area contributed by atoms with Gasteiger partial charge in [-0.05, 0) is 30.0 Å². The summed E-state index contributed by atoms with van der Waals surface area (Å²) in [6.07, 6.45) is -2.78. The van der Waals surface area contributed by atoms with E-state index in [1.807, 2.05) is 18.2 Å². The van der Waals surface area contributed by atoms with Crippen LogP contribution in [0.1, 0.15) is 40.0 Å². The van der Waals surface area contributed by atoms with Gasteiger partial charge in [0.15, 0.2) is 0 Å². The van der Waals surface area contributed by atoms with E-state index in [9.17, 15) is 18.4 Å². The van der Waals surface area contributed by atoms with E-state index >= 15 is 0 Å². The van der Waals surface area contributed by atoms with E-state index in [2.05, 4.69) is 45.7 Å². The van der Waals surface area contributed by atoms with Gasteiger partial charge in [0.1, 0.15) is 0 Å². The van der Waals surface area contributed by atoms with Crippen LogP contribution in [0.2, 0.25) is 0 Å². The summed E-state index contributed by atoms with van der Waals surface area (Å²) in [6, 6.07) is 17.9. The third kappa shape index (κ3) is 4.46. The Morgan fingerprint density at radius 2 is 1.74 bits per heavy atom. The van der Waals surface area contributed by atoms with Crippen LogP contribution in [0, 0.1) is 11.3 Å². The fourth-order valence-corrected chi connectivity index (χ4v) is 4.72. The van der Waals surface area contributed by atoms with Gasteiger partial charge in [-0.2, -0.15) is 18.4 Å². The van der Waals surface area contributed by atoms with Gasteiger partial charge in [0.05, 0.1) is 15.7 Å². The van der Waals surface area contributed by atoms with Crippen molar-refractivity contribution >= 4 is 22.6 Å². The van der Waals surface area contributed by atoms with Gasteiger partial charge in [-0.15, -0.1) is 0 Å². The number of nitriles is 1. The Hall–Kier alpha value is -1.59. The third-order valence-electron chi connectivity index (χ3n) is 5.37. The zero-order valence-electron chi connectivity index (χ0n) is 14.7. The molecule has 0 amide bonds. The molecule has 0 aromatic heterocycles. The molecule has 0 spiro atoms. The first-order valence-electron chi connectivity index (χ1n) is 8.83. The molecule has 0 bridgehead atoms. The summed E-state index contributed by atoms with van der Waals surface area (Å²) in [5.74, 6) is 0. The summed E-state index contributed by atoms with van der Waals surface area (Å²) in [6.45, 7) is 1.50. The molecule has 2 nitrogen and oxygen atoms in total. The zero-order chi connectivity index (χ0) is 19.5. The molecule has 0 aliphatic carbocycles. The SMILES string of the molecule is N#CCC1(c2cccc(C(F)(F)F)c2)CCN(C(I)c2ccccc2)CC1. The lowest BCUT2D eigenvalue weighted by Gasteiger charge is -2.43.